The Labute approximate surface area is 101 Å². The highest BCUT2D eigenvalue weighted by atomic mass is 16.1. The van der Waals surface area contributed by atoms with E-state index in [0.29, 0.717) is 6.41 Å². The van der Waals surface area contributed by atoms with Crippen LogP contribution in [0.5, 0.6) is 0 Å². The van der Waals surface area contributed by atoms with Crippen LogP contribution in [-0.2, 0) is 17.6 Å². The van der Waals surface area contributed by atoms with Gasteiger partial charge in [-0.25, -0.2) is 0 Å². The maximum atomic E-state index is 10.3. The van der Waals surface area contributed by atoms with Crippen LogP contribution >= 0.6 is 0 Å². The number of aromatic nitrogens is 1. The molecule has 0 aliphatic heterocycles. The van der Waals surface area contributed by atoms with Crippen LogP contribution in [0.4, 0.5) is 5.69 Å². The summed E-state index contributed by atoms with van der Waals surface area (Å²) in [7, 11) is 0. The molecule has 0 saturated heterocycles. The Kier molecular flexibility index (Phi) is 3.86. The Hall–Kier alpha value is -2.16. The molecule has 0 atom stereocenters. The van der Waals surface area contributed by atoms with Gasteiger partial charge in [0.05, 0.1) is 0 Å². The molecule has 3 nitrogen and oxygen atoms in total. The van der Waals surface area contributed by atoms with Gasteiger partial charge < -0.3 is 5.32 Å². The summed E-state index contributed by atoms with van der Waals surface area (Å²) in [5.41, 5.74) is 3.16. The Balaban J connectivity index is 1.93. The van der Waals surface area contributed by atoms with Gasteiger partial charge in [-0.2, -0.15) is 0 Å². The molecule has 0 aliphatic rings. The zero-order valence-electron chi connectivity index (χ0n) is 9.47. The van der Waals surface area contributed by atoms with Gasteiger partial charge in [0.2, 0.25) is 6.41 Å². The first-order chi connectivity index (χ1) is 8.38. The van der Waals surface area contributed by atoms with Gasteiger partial charge in [0, 0.05) is 17.6 Å². The molecule has 2 aromatic rings. The van der Waals surface area contributed by atoms with Crippen molar-refractivity contribution in [3.05, 3.63) is 59.9 Å². The summed E-state index contributed by atoms with van der Waals surface area (Å²) in [6.45, 7) is 0. The number of hydrogen-bond donors (Lipinski definition) is 1. The van der Waals surface area contributed by atoms with Gasteiger partial charge in [-0.05, 0) is 42.7 Å². The first-order valence-electron chi connectivity index (χ1n) is 5.57. The summed E-state index contributed by atoms with van der Waals surface area (Å²) in [4.78, 5) is 14.5. The molecule has 0 saturated carbocycles. The summed E-state index contributed by atoms with van der Waals surface area (Å²) in [6.07, 6.45) is 4.38. The molecule has 3 heteroatoms. The summed E-state index contributed by atoms with van der Waals surface area (Å²) in [6, 6.07) is 13.8. The molecule has 1 aromatic heterocycles. The van der Waals surface area contributed by atoms with Crippen LogP contribution < -0.4 is 5.32 Å². The molecular formula is C14H14N2O. The number of pyridine rings is 1. The van der Waals surface area contributed by atoms with Crippen molar-refractivity contribution in [2.45, 2.75) is 12.8 Å². The van der Waals surface area contributed by atoms with Crippen molar-refractivity contribution in [2.75, 3.05) is 5.32 Å². The monoisotopic (exact) mass is 226 g/mol. The molecule has 1 heterocycles. The van der Waals surface area contributed by atoms with E-state index in [0.717, 1.165) is 24.2 Å². The van der Waals surface area contributed by atoms with E-state index in [1.54, 1.807) is 0 Å². The molecule has 1 amide bonds. The Morgan fingerprint density at radius 1 is 1.06 bits per heavy atom. The zero-order chi connectivity index (χ0) is 11.9. The second kappa shape index (κ2) is 5.80. The van der Waals surface area contributed by atoms with E-state index in [9.17, 15) is 4.79 Å². The van der Waals surface area contributed by atoms with Gasteiger partial charge in [-0.3, -0.25) is 9.78 Å². The molecule has 1 N–H and O–H groups in total. The Morgan fingerprint density at radius 3 is 2.53 bits per heavy atom. The molecule has 2 rings (SSSR count). The first kappa shape index (κ1) is 11.3. The van der Waals surface area contributed by atoms with E-state index in [2.05, 4.69) is 10.3 Å². The number of nitrogens with one attached hydrogen (secondary N) is 1. The molecule has 86 valence electrons. The van der Waals surface area contributed by atoms with E-state index in [1.165, 1.54) is 5.56 Å². The van der Waals surface area contributed by atoms with Crippen molar-refractivity contribution in [2.24, 2.45) is 0 Å². The van der Waals surface area contributed by atoms with E-state index < -0.39 is 0 Å². The van der Waals surface area contributed by atoms with Crippen LogP contribution in [0.25, 0.3) is 0 Å². The van der Waals surface area contributed by atoms with E-state index in [1.807, 2.05) is 48.7 Å². The zero-order valence-corrected chi connectivity index (χ0v) is 9.47. The van der Waals surface area contributed by atoms with E-state index in [-0.39, 0.29) is 0 Å². The van der Waals surface area contributed by atoms with Gasteiger partial charge in [0.15, 0.2) is 0 Å². The molecule has 0 radical (unpaired) electrons. The standard InChI is InChI=1S/C14H14N2O/c17-11-16-14-8-5-12(6-9-14)4-7-13-3-1-2-10-15-13/h1-3,5-6,8-11H,4,7H2,(H,16,17). The van der Waals surface area contributed by atoms with Crippen LogP contribution in [0.15, 0.2) is 48.7 Å². The van der Waals surface area contributed by atoms with Crippen LogP contribution in [0.1, 0.15) is 11.3 Å². The minimum Gasteiger partial charge on any atom is -0.329 e. The molecule has 0 aliphatic carbocycles. The summed E-state index contributed by atoms with van der Waals surface area (Å²) >= 11 is 0. The van der Waals surface area contributed by atoms with Crippen LogP contribution in [-0.4, -0.2) is 11.4 Å². The second-order valence-corrected chi connectivity index (χ2v) is 3.78. The number of benzene rings is 1. The van der Waals surface area contributed by atoms with Gasteiger partial charge in [0.1, 0.15) is 0 Å². The van der Waals surface area contributed by atoms with Gasteiger partial charge >= 0.3 is 0 Å². The minimum atomic E-state index is 0.683. The summed E-state index contributed by atoms with van der Waals surface area (Å²) < 4.78 is 0. The number of anilines is 1. The van der Waals surface area contributed by atoms with Crippen LogP contribution in [0.2, 0.25) is 0 Å². The van der Waals surface area contributed by atoms with Crippen molar-refractivity contribution < 1.29 is 4.79 Å². The summed E-state index contributed by atoms with van der Waals surface area (Å²) in [5, 5.41) is 2.62. The average Bonchev–Trinajstić information content (AvgIpc) is 2.40. The fourth-order valence-corrected chi connectivity index (χ4v) is 1.65. The molecule has 0 spiro atoms. The molecule has 0 bridgehead atoms. The fourth-order valence-electron chi connectivity index (χ4n) is 1.65. The number of nitrogens with zero attached hydrogens (tertiary/aromatic N) is 1. The maximum Gasteiger partial charge on any atom is 0.211 e. The van der Waals surface area contributed by atoms with Crippen LogP contribution in [0.3, 0.4) is 0 Å². The third kappa shape index (κ3) is 3.41. The highest BCUT2D eigenvalue weighted by Gasteiger charge is 1.97. The van der Waals surface area contributed by atoms with E-state index >= 15 is 0 Å². The number of carbonyl (C=O) groups is 1. The molecule has 17 heavy (non-hydrogen) atoms. The second-order valence-electron chi connectivity index (χ2n) is 3.78. The quantitative estimate of drug-likeness (QED) is 0.796. The highest BCUT2D eigenvalue weighted by molar-refractivity contribution is 5.71. The number of carbonyl (C=O) groups excluding carboxylic acids is 1. The molecule has 0 fully saturated rings. The average molecular weight is 226 g/mol. The van der Waals surface area contributed by atoms with Gasteiger partial charge in [-0.1, -0.05) is 18.2 Å². The molecule has 1 aromatic carbocycles. The minimum absolute atomic E-state index is 0.683. The third-order valence-electron chi connectivity index (χ3n) is 2.58. The van der Waals surface area contributed by atoms with Crippen molar-refractivity contribution in [1.29, 1.82) is 0 Å². The predicted octanol–water partition coefficient (Wildman–Crippen LogP) is 2.44. The third-order valence-corrected chi connectivity index (χ3v) is 2.58. The lowest BCUT2D eigenvalue weighted by atomic mass is 10.1. The Bertz CT molecular complexity index is 465. The van der Waals surface area contributed by atoms with Crippen molar-refractivity contribution in [3.8, 4) is 0 Å². The smallest absolute Gasteiger partial charge is 0.211 e. The van der Waals surface area contributed by atoms with Gasteiger partial charge in [0.25, 0.3) is 0 Å². The van der Waals surface area contributed by atoms with Crippen molar-refractivity contribution in [3.63, 3.8) is 0 Å². The van der Waals surface area contributed by atoms with Crippen LogP contribution in [0, 0.1) is 0 Å². The van der Waals surface area contributed by atoms with Crippen molar-refractivity contribution in [1.82, 2.24) is 4.98 Å². The lowest BCUT2D eigenvalue weighted by Gasteiger charge is -2.03. The number of hydrogen-bond acceptors (Lipinski definition) is 2. The predicted molar refractivity (Wildman–Crippen MR) is 67.8 cm³/mol. The summed E-state index contributed by atoms with van der Waals surface area (Å²) in [5.74, 6) is 0. The number of amides is 1. The maximum absolute atomic E-state index is 10.3. The number of aryl methyl sites for hydroxylation is 2. The SMILES string of the molecule is O=CNc1ccc(CCc2ccccn2)cc1. The normalized spacial score (nSPS) is 9.88. The van der Waals surface area contributed by atoms with Crippen molar-refractivity contribution >= 4 is 12.1 Å². The topological polar surface area (TPSA) is 42.0 Å². The Morgan fingerprint density at radius 2 is 1.88 bits per heavy atom. The first-order valence-corrected chi connectivity index (χ1v) is 5.57. The lowest BCUT2D eigenvalue weighted by molar-refractivity contribution is -0.105. The highest BCUT2D eigenvalue weighted by Crippen LogP contribution is 2.10. The lowest BCUT2D eigenvalue weighted by Crippen LogP contribution is -1.96. The van der Waals surface area contributed by atoms with E-state index in [4.69, 9.17) is 0 Å². The number of rotatable bonds is 5. The van der Waals surface area contributed by atoms with Gasteiger partial charge in [-0.15, -0.1) is 0 Å². The molecule has 0 unspecified atom stereocenters. The molecular weight excluding hydrogens is 212 g/mol. The fraction of sp³-hybridized carbons (Fsp3) is 0.143. The largest absolute Gasteiger partial charge is 0.329 e.